The van der Waals surface area contributed by atoms with Crippen molar-refractivity contribution in [2.24, 2.45) is 0 Å². The molecule has 0 unspecified atom stereocenters. The highest BCUT2D eigenvalue weighted by Gasteiger charge is 2.07. The van der Waals surface area contributed by atoms with Crippen molar-refractivity contribution in [3.05, 3.63) is 64.5 Å². The van der Waals surface area contributed by atoms with Crippen molar-refractivity contribution < 1.29 is 14.1 Å². The van der Waals surface area contributed by atoms with Crippen LogP contribution in [0.15, 0.2) is 48.5 Å². The molecule has 0 radical (unpaired) electrons. The number of halogens is 1. The number of anilines is 1. The third kappa shape index (κ3) is 5.17. The maximum atomic E-state index is 12.8. The Morgan fingerprint density at radius 3 is 2.46 bits per heavy atom. The molecule has 0 bridgehead atoms. The van der Waals surface area contributed by atoms with Gasteiger partial charge < -0.3 is 15.0 Å². The first-order valence-electron chi connectivity index (χ1n) is 7.10. The van der Waals surface area contributed by atoms with Crippen molar-refractivity contribution in [2.75, 3.05) is 25.5 Å². The summed E-state index contributed by atoms with van der Waals surface area (Å²) >= 11 is 5.27. The molecular formula is C16H16FN3O3S. The van der Waals surface area contributed by atoms with Crippen molar-refractivity contribution in [1.82, 2.24) is 4.90 Å². The molecule has 2 aromatic rings. The summed E-state index contributed by atoms with van der Waals surface area (Å²) in [5, 5.41) is 14.1. The molecule has 0 aliphatic rings. The number of hydrogen-bond donors (Lipinski definition) is 1. The van der Waals surface area contributed by atoms with Gasteiger partial charge in [-0.3, -0.25) is 10.1 Å². The van der Waals surface area contributed by atoms with E-state index < -0.39 is 4.92 Å². The third-order valence-corrected chi connectivity index (χ3v) is 3.60. The largest absolute Gasteiger partial charge is 0.492 e. The van der Waals surface area contributed by atoms with Gasteiger partial charge in [0.05, 0.1) is 11.5 Å². The van der Waals surface area contributed by atoms with Crippen LogP contribution in [0.25, 0.3) is 0 Å². The zero-order valence-corrected chi connectivity index (χ0v) is 13.8. The minimum atomic E-state index is -0.457. The molecule has 0 fully saturated rings. The van der Waals surface area contributed by atoms with Crippen LogP contribution >= 0.6 is 12.2 Å². The number of thiocarbonyl (C=S) groups is 1. The van der Waals surface area contributed by atoms with Gasteiger partial charge in [0.15, 0.2) is 5.11 Å². The van der Waals surface area contributed by atoms with Crippen LogP contribution in [-0.4, -0.2) is 35.1 Å². The predicted octanol–water partition coefficient (Wildman–Crippen LogP) is 3.44. The number of rotatable bonds is 6. The van der Waals surface area contributed by atoms with Gasteiger partial charge in [0.25, 0.3) is 5.69 Å². The summed E-state index contributed by atoms with van der Waals surface area (Å²) < 4.78 is 18.3. The van der Waals surface area contributed by atoms with Crippen LogP contribution in [0, 0.1) is 15.9 Å². The van der Waals surface area contributed by atoms with Gasteiger partial charge in [-0.25, -0.2) is 4.39 Å². The van der Waals surface area contributed by atoms with E-state index in [1.807, 2.05) is 0 Å². The Hall–Kier alpha value is -2.74. The van der Waals surface area contributed by atoms with Crippen LogP contribution in [0.4, 0.5) is 15.8 Å². The second-order valence-corrected chi connectivity index (χ2v) is 5.34. The van der Waals surface area contributed by atoms with E-state index in [-0.39, 0.29) is 11.5 Å². The Labute approximate surface area is 144 Å². The summed E-state index contributed by atoms with van der Waals surface area (Å²) in [5.74, 6) is 0.270. The zero-order valence-electron chi connectivity index (χ0n) is 12.9. The Balaban J connectivity index is 1.79. The van der Waals surface area contributed by atoms with E-state index in [4.69, 9.17) is 17.0 Å². The van der Waals surface area contributed by atoms with Crippen LogP contribution in [-0.2, 0) is 0 Å². The number of hydrogen-bond acceptors (Lipinski definition) is 4. The average Bonchev–Trinajstić information content (AvgIpc) is 2.57. The lowest BCUT2D eigenvalue weighted by Crippen LogP contribution is -2.34. The Bertz CT molecular complexity index is 708. The van der Waals surface area contributed by atoms with Crippen molar-refractivity contribution in [1.29, 1.82) is 0 Å². The summed E-state index contributed by atoms with van der Waals surface area (Å²) in [6.45, 7) is 0.903. The highest BCUT2D eigenvalue weighted by atomic mass is 32.1. The van der Waals surface area contributed by atoms with Crippen LogP contribution in [0.1, 0.15) is 0 Å². The summed E-state index contributed by atoms with van der Waals surface area (Å²) in [5.41, 5.74) is 0.685. The SMILES string of the molecule is CN(CCOc1ccc(F)cc1)C(=S)Nc1ccc([N+](=O)[O-])cc1. The number of nitro groups is 1. The second kappa shape index (κ2) is 8.21. The average molecular weight is 349 g/mol. The second-order valence-electron chi connectivity index (χ2n) is 4.96. The molecule has 2 rings (SSSR count). The third-order valence-electron chi connectivity index (χ3n) is 3.19. The lowest BCUT2D eigenvalue weighted by Gasteiger charge is -2.21. The van der Waals surface area contributed by atoms with Crippen molar-refractivity contribution in [3.63, 3.8) is 0 Å². The molecule has 0 aliphatic heterocycles. The first kappa shape index (κ1) is 17.6. The normalized spacial score (nSPS) is 10.1. The Kier molecular flexibility index (Phi) is 6.02. The minimum Gasteiger partial charge on any atom is -0.492 e. The summed E-state index contributed by atoms with van der Waals surface area (Å²) in [7, 11) is 1.80. The van der Waals surface area contributed by atoms with E-state index >= 15 is 0 Å². The number of nitro benzene ring substituents is 1. The summed E-state index contributed by atoms with van der Waals surface area (Å²) in [4.78, 5) is 11.9. The maximum absolute atomic E-state index is 12.8. The molecule has 126 valence electrons. The van der Waals surface area contributed by atoms with Crippen molar-refractivity contribution in [2.45, 2.75) is 0 Å². The molecule has 0 aromatic heterocycles. The summed E-state index contributed by atoms with van der Waals surface area (Å²) in [6.07, 6.45) is 0. The van der Waals surface area contributed by atoms with E-state index in [1.165, 1.54) is 24.3 Å². The fraction of sp³-hybridized carbons (Fsp3) is 0.188. The molecular weight excluding hydrogens is 333 g/mol. The van der Waals surface area contributed by atoms with Crippen molar-refractivity contribution in [3.8, 4) is 5.75 Å². The molecule has 1 N–H and O–H groups in total. The first-order valence-corrected chi connectivity index (χ1v) is 7.51. The van der Waals surface area contributed by atoms with E-state index in [0.717, 1.165) is 0 Å². The molecule has 0 heterocycles. The highest BCUT2D eigenvalue weighted by molar-refractivity contribution is 7.80. The predicted molar refractivity (Wildman–Crippen MR) is 93.8 cm³/mol. The van der Waals surface area contributed by atoms with Gasteiger partial charge in [-0.05, 0) is 48.6 Å². The van der Waals surface area contributed by atoms with E-state index in [1.54, 1.807) is 36.2 Å². The van der Waals surface area contributed by atoms with Gasteiger partial charge in [0.2, 0.25) is 0 Å². The topological polar surface area (TPSA) is 67.6 Å². The highest BCUT2D eigenvalue weighted by Crippen LogP contribution is 2.16. The molecule has 2 aromatic carbocycles. The monoisotopic (exact) mass is 349 g/mol. The maximum Gasteiger partial charge on any atom is 0.269 e. The Morgan fingerprint density at radius 2 is 1.88 bits per heavy atom. The lowest BCUT2D eigenvalue weighted by molar-refractivity contribution is -0.384. The molecule has 0 atom stereocenters. The zero-order chi connectivity index (χ0) is 17.5. The molecule has 0 aliphatic carbocycles. The fourth-order valence-corrected chi connectivity index (χ4v) is 2.03. The van der Waals surface area contributed by atoms with E-state index in [0.29, 0.717) is 29.7 Å². The van der Waals surface area contributed by atoms with Gasteiger partial charge in [-0.2, -0.15) is 0 Å². The molecule has 0 saturated heterocycles. The van der Waals surface area contributed by atoms with E-state index in [2.05, 4.69) is 5.32 Å². The van der Waals surface area contributed by atoms with Gasteiger partial charge >= 0.3 is 0 Å². The number of ether oxygens (including phenoxy) is 1. The quantitative estimate of drug-likeness (QED) is 0.489. The molecule has 0 saturated carbocycles. The standard InChI is InChI=1S/C16H16FN3O3S/c1-19(10-11-23-15-8-2-12(17)3-9-15)16(24)18-13-4-6-14(7-5-13)20(21)22/h2-9H,10-11H2,1H3,(H,18,24). The minimum absolute atomic E-state index is 0.0209. The van der Waals surface area contributed by atoms with E-state index in [9.17, 15) is 14.5 Å². The number of nitrogens with one attached hydrogen (secondary N) is 1. The number of nitrogens with zero attached hydrogens (tertiary/aromatic N) is 2. The van der Waals surface area contributed by atoms with Crippen LogP contribution in [0.3, 0.4) is 0 Å². The van der Waals surface area contributed by atoms with Gasteiger partial charge in [0.1, 0.15) is 18.2 Å². The lowest BCUT2D eigenvalue weighted by atomic mass is 10.3. The number of benzene rings is 2. The molecule has 0 amide bonds. The van der Waals surface area contributed by atoms with Crippen LogP contribution in [0.5, 0.6) is 5.75 Å². The van der Waals surface area contributed by atoms with Crippen molar-refractivity contribution >= 4 is 28.7 Å². The fourth-order valence-electron chi connectivity index (χ4n) is 1.82. The molecule has 24 heavy (non-hydrogen) atoms. The first-order chi connectivity index (χ1) is 11.5. The van der Waals surface area contributed by atoms with Gasteiger partial charge in [-0.1, -0.05) is 0 Å². The summed E-state index contributed by atoms with van der Waals surface area (Å²) in [6, 6.07) is 11.8. The number of non-ortho nitro benzene ring substituents is 1. The smallest absolute Gasteiger partial charge is 0.269 e. The molecule has 8 heteroatoms. The van der Waals surface area contributed by atoms with Crippen LogP contribution < -0.4 is 10.1 Å². The van der Waals surface area contributed by atoms with Gasteiger partial charge in [-0.15, -0.1) is 0 Å². The van der Waals surface area contributed by atoms with Gasteiger partial charge in [0, 0.05) is 24.9 Å². The Morgan fingerprint density at radius 1 is 1.25 bits per heavy atom. The molecule has 0 spiro atoms. The number of likely N-dealkylation sites (N-methyl/N-ethyl adjacent to an activating group) is 1. The van der Waals surface area contributed by atoms with Crippen LogP contribution in [0.2, 0.25) is 0 Å². The molecule has 6 nitrogen and oxygen atoms in total.